The monoisotopic (exact) mass is 487 g/mol. The van der Waals surface area contributed by atoms with Crippen molar-refractivity contribution in [2.75, 3.05) is 11.9 Å². The summed E-state index contributed by atoms with van der Waals surface area (Å²) in [4.78, 5) is 16.5. The van der Waals surface area contributed by atoms with Crippen LogP contribution in [0, 0.1) is 9.39 Å². The highest BCUT2D eigenvalue weighted by atomic mass is 127. The summed E-state index contributed by atoms with van der Waals surface area (Å²) in [6, 6.07) is 9.77. The lowest BCUT2D eigenvalue weighted by molar-refractivity contribution is 0.102. The van der Waals surface area contributed by atoms with Crippen LogP contribution in [-0.4, -0.2) is 26.7 Å². The lowest BCUT2D eigenvalue weighted by atomic mass is 10.2. The predicted octanol–water partition coefficient (Wildman–Crippen LogP) is 3.15. The van der Waals surface area contributed by atoms with Crippen molar-refractivity contribution in [3.05, 3.63) is 57.4 Å². The molecule has 0 spiro atoms. The largest absolute Gasteiger partial charge is 0.322 e. The van der Waals surface area contributed by atoms with E-state index in [2.05, 4.69) is 15.0 Å². The van der Waals surface area contributed by atoms with Crippen LogP contribution in [-0.2, 0) is 10.0 Å². The zero-order chi connectivity index (χ0) is 18.7. The Hall–Kier alpha value is -2.01. The normalized spacial score (nSPS) is 14.0. The van der Waals surface area contributed by atoms with Crippen LogP contribution in [0.2, 0.25) is 0 Å². The fourth-order valence-corrected chi connectivity index (χ4v) is 4.16. The van der Waals surface area contributed by atoms with Crippen LogP contribution in [0.4, 0.5) is 10.1 Å². The third-order valence-corrected chi connectivity index (χ3v) is 6.02. The number of carbonyl (C=O) groups is 1. The zero-order valence-corrected chi connectivity index (χ0v) is 16.5. The summed E-state index contributed by atoms with van der Waals surface area (Å²) in [7, 11) is -3.78. The molecule has 9 heteroatoms. The average Bonchev–Trinajstić information content (AvgIpc) is 3.09. The molecule has 2 N–H and O–H groups in total. The number of sulfonamides is 1. The highest BCUT2D eigenvalue weighted by molar-refractivity contribution is 14.1. The van der Waals surface area contributed by atoms with Crippen molar-refractivity contribution in [3.8, 4) is 0 Å². The van der Waals surface area contributed by atoms with Crippen LogP contribution >= 0.6 is 22.6 Å². The van der Waals surface area contributed by atoms with Gasteiger partial charge in [0.25, 0.3) is 15.9 Å². The smallest absolute Gasteiger partial charge is 0.262 e. The second kappa shape index (κ2) is 7.70. The number of rotatable bonds is 4. The van der Waals surface area contributed by atoms with Crippen molar-refractivity contribution in [2.24, 2.45) is 4.99 Å². The van der Waals surface area contributed by atoms with E-state index in [-0.39, 0.29) is 10.5 Å². The van der Waals surface area contributed by atoms with Crippen molar-refractivity contribution in [3.63, 3.8) is 0 Å². The van der Waals surface area contributed by atoms with Crippen molar-refractivity contribution in [1.82, 2.24) is 4.72 Å². The topological polar surface area (TPSA) is 87.6 Å². The van der Waals surface area contributed by atoms with E-state index in [0.29, 0.717) is 28.1 Å². The first-order valence-corrected chi connectivity index (χ1v) is 10.3. The maximum atomic E-state index is 13.4. The minimum atomic E-state index is -3.78. The summed E-state index contributed by atoms with van der Waals surface area (Å²) in [6.07, 6.45) is 1.41. The van der Waals surface area contributed by atoms with Gasteiger partial charge >= 0.3 is 0 Å². The molecule has 0 atom stereocenters. The minimum absolute atomic E-state index is 0.0128. The molecule has 0 bridgehead atoms. The quantitative estimate of drug-likeness (QED) is 0.650. The molecule has 1 aliphatic rings. The van der Waals surface area contributed by atoms with Gasteiger partial charge in [-0.25, -0.2) is 12.8 Å². The predicted molar refractivity (Wildman–Crippen MR) is 105 cm³/mol. The number of anilines is 1. The standard InChI is InChI=1S/C17H15FIN3O3S/c18-11-6-7-15(19)14(9-11)17(23)21-12-3-1-4-13(10-12)26(24,25)22-16-5-2-8-20-16/h1,3-4,6-7,9-10H,2,5,8H2,(H,20,22)(H,21,23). The van der Waals surface area contributed by atoms with Gasteiger partial charge in [0, 0.05) is 22.2 Å². The second-order valence-electron chi connectivity index (χ2n) is 5.64. The molecule has 1 heterocycles. The molecule has 0 radical (unpaired) electrons. The minimum Gasteiger partial charge on any atom is -0.322 e. The van der Waals surface area contributed by atoms with Gasteiger partial charge in [-0.2, -0.15) is 0 Å². The van der Waals surface area contributed by atoms with Gasteiger partial charge in [-0.05, 0) is 65.4 Å². The van der Waals surface area contributed by atoms with E-state index in [9.17, 15) is 17.6 Å². The van der Waals surface area contributed by atoms with Gasteiger partial charge in [-0.15, -0.1) is 0 Å². The highest BCUT2D eigenvalue weighted by Crippen LogP contribution is 2.19. The SMILES string of the molecule is O=C(Nc1cccc(S(=O)(=O)NC2=NCCC2)c1)c1cc(F)ccc1I. The molecule has 1 aliphatic heterocycles. The fraction of sp³-hybridized carbons (Fsp3) is 0.176. The number of nitrogens with zero attached hydrogens (tertiary/aromatic N) is 1. The summed E-state index contributed by atoms with van der Waals surface area (Å²) in [6.45, 7) is 0.611. The summed E-state index contributed by atoms with van der Waals surface area (Å²) >= 11 is 1.94. The zero-order valence-electron chi connectivity index (χ0n) is 13.5. The first-order chi connectivity index (χ1) is 12.3. The number of benzene rings is 2. The average molecular weight is 487 g/mol. The van der Waals surface area contributed by atoms with Gasteiger partial charge in [-0.3, -0.25) is 14.5 Å². The Balaban J connectivity index is 1.81. The Morgan fingerprint density at radius 1 is 1.19 bits per heavy atom. The van der Waals surface area contributed by atoms with Crippen molar-refractivity contribution < 1.29 is 17.6 Å². The van der Waals surface area contributed by atoms with Crippen molar-refractivity contribution in [2.45, 2.75) is 17.7 Å². The molecule has 3 rings (SSSR count). The molecule has 1 amide bonds. The molecule has 0 saturated carbocycles. The molecule has 0 aromatic heterocycles. The van der Waals surface area contributed by atoms with E-state index < -0.39 is 21.7 Å². The van der Waals surface area contributed by atoms with E-state index in [1.54, 1.807) is 6.07 Å². The van der Waals surface area contributed by atoms with Gasteiger partial charge in [0.1, 0.15) is 11.7 Å². The van der Waals surface area contributed by atoms with Crippen LogP contribution in [0.3, 0.4) is 0 Å². The van der Waals surface area contributed by atoms with Crippen molar-refractivity contribution >= 4 is 50.0 Å². The van der Waals surface area contributed by atoms with Crippen molar-refractivity contribution in [1.29, 1.82) is 0 Å². The third-order valence-electron chi connectivity index (χ3n) is 3.70. The molecule has 0 saturated heterocycles. The molecular weight excluding hydrogens is 472 g/mol. The Labute approximate surface area is 164 Å². The van der Waals surface area contributed by atoms with Gasteiger partial charge in [0.2, 0.25) is 0 Å². The van der Waals surface area contributed by atoms with E-state index >= 15 is 0 Å². The van der Waals surface area contributed by atoms with Crippen LogP contribution in [0.1, 0.15) is 23.2 Å². The molecule has 2 aromatic rings. The van der Waals surface area contributed by atoms with Gasteiger partial charge < -0.3 is 5.32 Å². The summed E-state index contributed by atoms with van der Waals surface area (Å²) in [5.74, 6) is -0.598. The first kappa shape index (κ1) is 18.8. The Kier molecular flexibility index (Phi) is 5.56. The lowest BCUT2D eigenvalue weighted by Gasteiger charge is -2.11. The highest BCUT2D eigenvalue weighted by Gasteiger charge is 2.19. The third kappa shape index (κ3) is 4.39. The lowest BCUT2D eigenvalue weighted by Crippen LogP contribution is -2.29. The number of amides is 1. The Bertz CT molecular complexity index is 992. The number of hydrogen-bond acceptors (Lipinski definition) is 4. The fourth-order valence-electron chi connectivity index (χ4n) is 2.45. The molecule has 0 fully saturated rings. The van der Waals surface area contributed by atoms with E-state index in [1.165, 1.54) is 30.3 Å². The number of halogens is 2. The maximum absolute atomic E-state index is 13.4. The number of carbonyl (C=O) groups excluding carboxylic acids is 1. The Morgan fingerprint density at radius 2 is 2.00 bits per heavy atom. The van der Waals surface area contributed by atoms with Crippen LogP contribution < -0.4 is 10.0 Å². The number of amidine groups is 1. The summed E-state index contributed by atoms with van der Waals surface area (Å²) < 4.78 is 41.3. The molecule has 26 heavy (non-hydrogen) atoms. The summed E-state index contributed by atoms with van der Waals surface area (Å²) in [5.41, 5.74) is 0.476. The van der Waals surface area contributed by atoms with E-state index in [1.807, 2.05) is 22.6 Å². The maximum Gasteiger partial charge on any atom is 0.262 e. The van der Waals surface area contributed by atoms with Crippen LogP contribution in [0.5, 0.6) is 0 Å². The molecule has 6 nitrogen and oxygen atoms in total. The second-order valence-corrected chi connectivity index (χ2v) is 8.49. The van der Waals surface area contributed by atoms with Gasteiger partial charge in [-0.1, -0.05) is 6.07 Å². The molecule has 0 aliphatic carbocycles. The molecular formula is C17H15FIN3O3S. The Morgan fingerprint density at radius 3 is 2.73 bits per heavy atom. The first-order valence-electron chi connectivity index (χ1n) is 7.78. The number of aliphatic imine (C=N–C) groups is 1. The number of hydrogen-bond donors (Lipinski definition) is 2. The number of nitrogens with one attached hydrogen (secondary N) is 2. The van der Waals surface area contributed by atoms with Crippen LogP contribution in [0.25, 0.3) is 0 Å². The van der Waals surface area contributed by atoms with Gasteiger partial charge in [0.15, 0.2) is 0 Å². The molecule has 136 valence electrons. The van der Waals surface area contributed by atoms with E-state index in [0.717, 1.165) is 12.5 Å². The van der Waals surface area contributed by atoms with Crippen LogP contribution in [0.15, 0.2) is 52.4 Å². The molecule has 2 aromatic carbocycles. The van der Waals surface area contributed by atoms with E-state index in [4.69, 9.17) is 0 Å². The van der Waals surface area contributed by atoms with Gasteiger partial charge in [0.05, 0.1) is 10.5 Å². The summed E-state index contributed by atoms with van der Waals surface area (Å²) in [5, 5.41) is 2.60. The molecule has 0 unspecified atom stereocenters.